The second-order valence-electron chi connectivity index (χ2n) is 5.38. The number of carbonyl (C=O) groups excluding carboxylic acids is 1. The van der Waals surface area contributed by atoms with Crippen LogP contribution in [0.2, 0.25) is 0 Å². The third-order valence-corrected chi connectivity index (χ3v) is 4.53. The first-order valence-electron chi connectivity index (χ1n) is 7.13. The molecule has 0 radical (unpaired) electrons. The number of aromatic nitrogens is 2. The van der Waals surface area contributed by atoms with E-state index in [4.69, 9.17) is 0 Å². The van der Waals surface area contributed by atoms with Crippen LogP contribution >= 0.6 is 15.9 Å². The van der Waals surface area contributed by atoms with Gasteiger partial charge in [0.25, 0.3) is 5.91 Å². The summed E-state index contributed by atoms with van der Waals surface area (Å²) in [6.07, 6.45) is 0.347. The first-order chi connectivity index (χ1) is 11.4. The molecule has 24 heavy (non-hydrogen) atoms. The van der Waals surface area contributed by atoms with Gasteiger partial charge in [0, 0.05) is 42.2 Å². The number of rotatable bonds is 3. The lowest BCUT2D eigenvalue weighted by atomic mass is 9.93. The minimum Gasteiger partial charge on any atom is -0.465 e. The summed E-state index contributed by atoms with van der Waals surface area (Å²) in [7, 11) is 0. The van der Waals surface area contributed by atoms with E-state index in [1.165, 1.54) is 18.3 Å². The third kappa shape index (κ3) is 2.69. The summed E-state index contributed by atoms with van der Waals surface area (Å²) < 4.78 is 14.3. The fraction of sp³-hybridized carbons (Fsp3) is 0.267. The molecule has 0 bridgehead atoms. The lowest BCUT2D eigenvalue weighted by molar-refractivity contribution is 0.0699. The Labute approximate surface area is 144 Å². The predicted molar refractivity (Wildman–Crippen MR) is 85.2 cm³/mol. The molecule has 1 aliphatic heterocycles. The maximum atomic E-state index is 14.2. The van der Waals surface area contributed by atoms with E-state index < -0.39 is 17.8 Å². The van der Waals surface area contributed by atoms with E-state index in [9.17, 15) is 24.2 Å². The van der Waals surface area contributed by atoms with Crippen molar-refractivity contribution in [2.75, 3.05) is 13.2 Å². The number of halogens is 2. The van der Waals surface area contributed by atoms with Crippen molar-refractivity contribution >= 4 is 27.9 Å². The number of amides is 2. The minimum absolute atomic E-state index is 0.0398. The number of carboxylic acid groups (broad SMARTS) is 1. The molecule has 0 fully saturated rings. The zero-order valence-corrected chi connectivity index (χ0v) is 13.9. The van der Waals surface area contributed by atoms with Crippen LogP contribution in [-0.4, -0.2) is 50.2 Å². The van der Waals surface area contributed by atoms with E-state index in [0.717, 1.165) is 0 Å². The predicted octanol–water partition coefficient (Wildman–Crippen LogP) is 2.58. The van der Waals surface area contributed by atoms with Gasteiger partial charge < -0.3 is 15.2 Å². The second-order valence-corrected chi connectivity index (χ2v) is 6.13. The summed E-state index contributed by atoms with van der Waals surface area (Å²) >= 11 is 3.01. The number of aromatic amines is 1. The molecule has 3 N–H and O–H groups in total. The molecule has 126 valence electrons. The van der Waals surface area contributed by atoms with Crippen molar-refractivity contribution in [1.29, 1.82) is 0 Å². The zero-order chi connectivity index (χ0) is 17.4. The van der Waals surface area contributed by atoms with Crippen molar-refractivity contribution in [2.24, 2.45) is 0 Å². The van der Waals surface area contributed by atoms with Gasteiger partial charge in [-0.1, -0.05) is 0 Å². The topological polar surface area (TPSA) is 107 Å². The number of carbonyl (C=O) groups is 2. The molecule has 3 rings (SSSR count). The lowest BCUT2D eigenvalue weighted by Gasteiger charge is -2.28. The maximum absolute atomic E-state index is 14.2. The van der Waals surface area contributed by atoms with Gasteiger partial charge in [-0.15, -0.1) is 0 Å². The molecule has 2 aromatic heterocycles. The minimum atomic E-state index is -1.35. The number of aliphatic hydroxyl groups excluding tert-OH is 1. The van der Waals surface area contributed by atoms with Crippen LogP contribution in [0, 0.1) is 5.82 Å². The quantitative estimate of drug-likeness (QED) is 0.690. The fourth-order valence-corrected chi connectivity index (χ4v) is 3.17. The number of nitrogens with one attached hydrogen (secondary N) is 1. The number of hydrogen-bond acceptors (Lipinski definition) is 4. The molecule has 2 aromatic rings. The Morgan fingerprint density at radius 1 is 1.50 bits per heavy atom. The molecule has 7 nitrogen and oxygen atoms in total. The monoisotopic (exact) mass is 397 g/mol. The molecule has 0 saturated heterocycles. The molecule has 3 heterocycles. The van der Waals surface area contributed by atoms with Crippen LogP contribution in [0.15, 0.2) is 22.9 Å². The summed E-state index contributed by atoms with van der Waals surface area (Å²) in [5.41, 5.74) is 1.24. The van der Waals surface area contributed by atoms with Crippen molar-refractivity contribution in [3.8, 4) is 11.3 Å². The van der Waals surface area contributed by atoms with Gasteiger partial charge >= 0.3 is 6.09 Å². The van der Waals surface area contributed by atoms with Crippen LogP contribution in [0.4, 0.5) is 9.18 Å². The largest absolute Gasteiger partial charge is 0.465 e. The highest BCUT2D eigenvalue weighted by molar-refractivity contribution is 9.10. The number of hydrogen-bond donors (Lipinski definition) is 3. The Bertz CT molecular complexity index is 823. The molecular formula is C15H13BrFN3O4. The molecule has 0 aromatic carbocycles. The van der Waals surface area contributed by atoms with Gasteiger partial charge in [-0.2, -0.15) is 0 Å². The summed E-state index contributed by atoms with van der Waals surface area (Å²) in [4.78, 5) is 31.1. The van der Waals surface area contributed by atoms with E-state index in [2.05, 4.69) is 25.9 Å². The van der Waals surface area contributed by atoms with E-state index >= 15 is 0 Å². The van der Waals surface area contributed by atoms with Crippen molar-refractivity contribution in [3.63, 3.8) is 0 Å². The van der Waals surface area contributed by atoms with Gasteiger partial charge in [0.05, 0.1) is 5.56 Å². The SMILES string of the molecule is O=C(O)N1CC(CCO)c2[nH]c(-c3ccnc(Br)c3F)cc2C1=O. The van der Waals surface area contributed by atoms with E-state index in [1.54, 1.807) is 0 Å². The van der Waals surface area contributed by atoms with Crippen molar-refractivity contribution < 1.29 is 24.2 Å². The Morgan fingerprint density at radius 2 is 2.25 bits per heavy atom. The standard InChI is InChI=1S/C15H13BrFN3O4/c16-13-11(17)8(1-3-18-13)10-5-9-12(19-10)7(2-4-21)6-20(14(9)22)15(23)24/h1,3,5,7,19,21H,2,4,6H2,(H,23,24). The number of imide groups is 1. The van der Waals surface area contributed by atoms with Gasteiger partial charge in [0.2, 0.25) is 0 Å². The highest BCUT2D eigenvalue weighted by atomic mass is 79.9. The van der Waals surface area contributed by atoms with Gasteiger partial charge in [0.1, 0.15) is 4.60 Å². The van der Waals surface area contributed by atoms with E-state index in [0.29, 0.717) is 16.3 Å². The van der Waals surface area contributed by atoms with E-state index in [1.807, 2.05) is 0 Å². The Hall–Kier alpha value is -2.26. The van der Waals surface area contributed by atoms with Crippen LogP contribution in [0.25, 0.3) is 11.3 Å². The van der Waals surface area contributed by atoms with Crippen molar-refractivity contribution in [1.82, 2.24) is 14.9 Å². The molecule has 1 atom stereocenters. The highest BCUT2D eigenvalue weighted by Crippen LogP contribution is 2.35. The average Bonchev–Trinajstić information content (AvgIpc) is 2.98. The lowest BCUT2D eigenvalue weighted by Crippen LogP contribution is -2.43. The molecule has 1 unspecified atom stereocenters. The van der Waals surface area contributed by atoms with Gasteiger partial charge in [-0.3, -0.25) is 4.79 Å². The Morgan fingerprint density at radius 3 is 2.92 bits per heavy atom. The number of fused-ring (bicyclic) bond motifs is 1. The highest BCUT2D eigenvalue weighted by Gasteiger charge is 2.36. The normalized spacial score (nSPS) is 17.0. The molecule has 0 spiro atoms. The van der Waals surface area contributed by atoms with Crippen molar-refractivity contribution in [3.05, 3.63) is 40.0 Å². The summed E-state index contributed by atoms with van der Waals surface area (Å²) in [5.74, 6) is -1.62. The first kappa shape index (κ1) is 16.6. The Kier molecular flexibility index (Phi) is 4.37. The van der Waals surface area contributed by atoms with Crippen molar-refractivity contribution in [2.45, 2.75) is 12.3 Å². The summed E-state index contributed by atoms with van der Waals surface area (Å²) in [6.45, 7) is -0.209. The smallest absolute Gasteiger partial charge is 0.414 e. The molecule has 2 amide bonds. The van der Waals surface area contributed by atoms with Crippen LogP contribution in [0.1, 0.15) is 28.4 Å². The molecule has 1 aliphatic rings. The van der Waals surface area contributed by atoms with Crippen LogP contribution in [0.5, 0.6) is 0 Å². The molecule has 0 saturated carbocycles. The Balaban J connectivity index is 2.11. The summed E-state index contributed by atoms with van der Waals surface area (Å²) in [6, 6.07) is 2.89. The second kappa shape index (κ2) is 6.33. The molecule has 9 heteroatoms. The van der Waals surface area contributed by atoms with Gasteiger partial charge in [-0.05, 0) is 34.5 Å². The van der Waals surface area contributed by atoms with Crippen LogP contribution in [-0.2, 0) is 0 Å². The fourth-order valence-electron chi connectivity index (χ4n) is 2.84. The number of pyridine rings is 1. The van der Waals surface area contributed by atoms with Gasteiger partial charge in [-0.25, -0.2) is 19.1 Å². The van der Waals surface area contributed by atoms with E-state index in [-0.39, 0.29) is 41.2 Å². The maximum Gasteiger partial charge on any atom is 0.414 e. The number of nitrogens with zero attached hydrogens (tertiary/aromatic N) is 2. The molecule has 0 aliphatic carbocycles. The number of H-pyrrole nitrogens is 1. The van der Waals surface area contributed by atoms with Crippen LogP contribution in [0.3, 0.4) is 0 Å². The zero-order valence-electron chi connectivity index (χ0n) is 12.3. The molecular weight excluding hydrogens is 385 g/mol. The average molecular weight is 398 g/mol. The van der Waals surface area contributed by atoms with Crippen LogP contribution < -0.4 is 0 Å². The first-order valence-corrected chi connectivity index (χ1v) is 7.92. The number of aliphatic hydroxyl groups is 1. The van der Waals surface area contributed by atoms with Gasteiger partial charge in [0.15, 0.2) is 5.82 Å². The summed E-state index contributed by atoms with van der Waals surface area (Å²) in [5, 5.41) is 18.4. The third-order valence-electron chi connectivity index (χ3n) is 3.98.